The largest absolute Gasteiger partial charge is 0.491 e. The summed E-state index contributed by atoms with van der Waals surface area (Å²) < 4.78 is 43.9. The van der Waals surface area contributed by atoms with Crippen molar-refractivity contribution < 1.29 is 32.3 Å². The molecule has 1 heterocycles. The standard InChI is InChI=1S/C30H27F3N4O4/c1-4-5-10-26-35-24-16-15-21(34-29(40)36(2)3)17-25(24)37(26)18-19-11-13-20(14-12-19)22-8-6-7-9-23(22)27(38)41-28(39)30(31,32)33/h4-9,11-17H,10,18H2,1-3H3,(H,34,40). The fourth-order valence-electron chi connectivity index (χ4n) is 4.12. The Labute approximate surface area is 234 Å². The highest BCUT2D eigenvalue weighted by Crippen LogP contribution is 2.28. The number of benzene rings is 3. The predicted octanol–water partition coefficient (Wildman–Crippen LogP) is 6.21. The molecule has 0 aliphatic rings. The molecular weight excluding hydrogens is 537 g/mol. The van der Waals surface area contributed by atoms with Crippen LogP contribution in [0.15, 0.2) is 78.9 Å². The lowest BCUT2D eigenvalue weighted by atomic mass is 9.98. The van der Waals surface area contributed by atoms with Crippen LogP contribution >= 0.6 is 0 Å². The van der Waals surface area contributed by atoms with E-state index in [1.54, 1.807) is 44.4 Å². The molecule has 0 fully saturated rings. The first-order chi connectivity index (χ1) is 19.5. The number of aromatic nitrogens is 2. The number of halogens is 3. The maximum Gasteiger partial charge on any atom is 0.491 e. The van der Waals surface area contributed by atoms with Gasteiger partial charge in [-0.15, -0.1) is 0 Å². The molecule has 41 heavy (non-hydrogen) atoms. The third-order valence-corrected chi connectivity index (χ3v) is 6.19. The third-order valence-electron chi connectivity index (χ3n) is 6.19. The van der Waals surface area contributed by atoms with E-state index >= 15 is 0 Å². The highest BCUT2D eigenvalue weighted by Gasteiger charge is 2.42. The predicted molar refractivity (Wildman–Crippen MR) is 148 cm³/mol. The molecule has 8 nitrogen and oxygen atoms in total. The zero-order chi connectivity index (χ0) is 29.7. The summed E-state index contributed by atoms with van der Waals surface area (Å²) in [7, 11) is 3.31. The van der Waals surface area contributed by atoms with Gasteiger partial charge >= 0.3 is 24.1 Å². The van der Waals surface area contributed by atoms with Crippen molar-refractivity contribution in [3.8, 4) is 11.1 Å². The topological polar surface area (TPSA) is 93.5 Å². The second kappa shape index (κ2) is 12.1. The van der Waals surface area contributed by atoms with Gasteiger partial charge < -0.3 is 19.5 Å². The zero-order valence-electron chi connectivity index (χ0n) is 22.5. The Morgan fingerprint density at radius 1 is 1.02 bits per heavy atom. The number of anilines is 1. The van der Waals surface area contributed by atoms with Crippen LogP contribution in [0.2, 0.25) is 0 Å². The number of ether oxygens (including phenoxy) is 1. The van der Waals surface area contributed by atoms with Crippen molar-refractivity contribution in [1.82, 2.24) is 14.5 Å². The van der Waals surface area contributed by atoms with E-state index in [-0.39, 0.29) is 11.6 Å². The second-order valence-electron chi connectivity index (χ2n) is 9.33. The van der Waals surface area contributed by atoms with E-state index in [2.05, 4.69) is 10.1 Å². The van der Waals surface area contributed by atoms with Crippen LogP contribution in [0.4, 0.5) is 23.7 Å². The van der Waals surface area contributed by atoms with Gasteiger partial charge in [-0.2, -0.15) is 13.2 Å². The van der Waals surface area contributed by atoms with E-state index < -0.39 is 18.1 Å². The van der Waals surface area contributed by atoms with Crippen molar-refractivity contribution >= 4 is 34.7 Å². The molecule has 0 radical (unpaired) electrons. The number of nitrogens with one attached hydrogen (secondary N) is 1. The number of rotatable bonds is 7. The molecule has 1 aromatic heterocycles. The number of hydrogen-bond acceptors (Lipinski definition) is 5. The summed E-state index contributed by atoms with van der Waals surface area (Å²) >= 11 is 0. The molecule has 0 unspecified atom stereocenters. The summed E-state index contributed by atoms with van der Waals surface area (Å²) in [5, 5.41) is 2.85. The number of carbonyl (C=O) groups is 3. The first-order valence-electron chi connectivity index (χ1n) is 12.6. The third kappa shape index (κ3) is 6.81. The number of alkyl halides is 3. The molecule has 0 aliphatic carbocycles. The molecule has 0 spiro atoms. The van der Waals surface area contributed by atoms with E-state index in [1.165, 1.54) is 17.0 Å². The summed E-state index contributed by atoms with van der Waals surface area (Å²) in [6.07, 6.45) is -0.760. The van der Waals surface area contributed by atoms with Crippen LogP contribution in [-0.4, -0.2) is 52.7 Å². The van der Waals surface area contributed by atoms with Gasteiger partial charge in [0.25, 0.3) is 0 Å². The van der Waals surface area contributed by atoms with Crippen LogP contribution in [0.1, 0.15) is 28.7 Å². The molecule has 4 aromatic rings. The molecule has 0 atom stereocenters. The zero-order valence-corrected chi connectivity index (χ0v) is 22.5. The Kier molecular flexibility index (Phi) is 8.56. The van der Waals surface area contributed by atoms with E-state index in [0.717, 1.165) is 22.4 Å². The minimum absolute atomic E-state index is 0.167. The number of hydrogen-bond donors (Lipinski definition) is 1. The van der Waals surface area contributed by atoms with Crippen molar-refractivity contribution in [3.05, 3.63) is 95.8 Å². The quantitative estimate of drug-likeness (QED) is 0.164. The maximum absolute atomic E-state index is 12.6. The number of amides is 2. The van der Waals surface area contributed by atoms with Crippen LogP contribution in [0.25, 0.3) is 22.2 Å². The average Bonchev–Trinajstić information content (AvgIpc) is 3.27. The summed E-state index contributed by atoms with van der Waals surface area (Å²) in [4.78, 5) is 41.9. The van der Waals surface area contributed by atoms with Gasteiger partial charge in [0.2, 0.25) is 0 Å². The molecule has 0 saturated heterocycles. The van der Waals surface area contributed by atoms with E-state index in [4.69, 9.17) is 4.98 Å². The number of urea groups is 1. The minimum Gasteiger partial charge on any atom is -0.383 e. The smallest absolute Gasteiger partial charge is 0.383 e. The Balaban J connectivity index is 1.64. The van der Waals surface area contributed by atoms with Gasteiger partial charge in [0, 0.05) is 32.7 Å². The molecule has 0 aliphatic heterocycles. The molecular formula is C30H27F3N4O4. The van der Waals surface area contributed by atoms with Crippen molar-refractivity contribution in [1.29, 1.82) is 0 Å². The number of imidazole rings is 1. The molecule has 11 heteroatoms. The summed E-state index contributed by atoms with van der Waals surface area (Å²) in [5.41, 5.74) is 3.82. The van der Waals surface area contributed by atoms with Crippen LogP contribution in [-0.2, 0) is 22.5 Å². The highest BCUT2D eigenvalue weighted by atomic mass is 19.4. The lowest BCUT2D eigenvalue weighted by Gasteiger charge is -2.13. The monoisotopic (exact) mass is 564 g/mol. The van der Waals surface area contributed by atoms with Gasteiger partial charge in [-0.1, -0.05) is 54.6 Å². The van der Waals surface area contributed by atoms with Crippen molar-refractivity contribution in [3.63, 3.8) is 0 Å². The lowest BCUT2D eigenvalue weighted by Crippen LogP contribution is -2.28. The van der Waals surface area contributed by atoms with Crippen LogP contribution in [0.3, 0.4) is 0 Å². The number of carbonyl (C=O) groups excluding carboxylic acids is 3. The molecule has 2 amide bonds. The van der Waals surface area contributed by atoms with Gasteiger partial charge in [0.05, 0.1) is 16.6 Å². The van der Waals surface area contributed by atoms with Crippen molar-refractivity contribution in [2.45, 2.75) is 26.1 Å². The minimum atomic E-state index is -5.28. The Hall–Kier alpha value is -4.93. The second-order valence-corrected chi connectivity index (χ2v) is 9.33. The molecule has 212 valence electrons. The van der Waals surface area contributed by atoms with Gasteiger partial charge in [0.15, 0.2) is 0 Å². The number of allylic oxidation sites excluding steroid dienone is 2. The summed E-state index contributed by atoms with van der Waals surface area (Å²) in [6.45, 7) is 2.37. The summed E-state index contributed by atoms with van der Waals surface area (Å²) in [6, 6.07) is 18.3. The number of fused-ring (bicyclic) bond motifs is 1. The highest BCUT2D eigenvalue weighted by molar-refractivity contribution is 6.03. The van der Waals surface area contributed by atoms with E-state index in [0.29, 0.717) is 29.8 Å². The fourth-order valence-corrected chi connectivity index (χ4v) is 4.12. The van der Waals surface area contributed by atoms with Crippen LogP contribution < -0.4 is 5.32 Å². The molecule has 1 N–H and O–H groups in total. The van der Waals surface area contributed by atoms with Crippen molar-refractivity contribution in [2.24, 2.45) is 0 Å². The Bertz CT molecular complexity index is 1620. The van der Waals surface area contributed by atoms with E-state index in [9.17, 15) is 27.6 Å². The van der Waals surface area contributed by atoms with Gasteiger partial charge in [-0.25, -0.2) is 19.4 Å². The number of nitrogens with zero attached hydrogens (tertiary/aromatic N) is 3. The number of esters is 2. The molecule has 3 aromatic carbocycles. The average molecular weight is 565 g/mol. The van der Waals surface area contributed by atoms with E-state index in [1.807, 2.05) is 47.9 Å². The molecule has 0 saturated carbocycles. The molecule has 0 bridgehead atoms. The van der Waals surface area contributed by atoms with Crippen LogP contribution in [0.5, 0.6) is 0 Å². The van der Waals surface area contributed by atoms with Gasteiger partial charge in [0.1, 0.15) is 5.82 Å². The lowest BCUT2D eigenvalue weighted by molar-refractivity contribution is -0.193. The van der Waals surface area contributed by atoms with Gasteiger partial charge in [-0.3, -0.25) is 0 Å². The Morgan fingerprint density at radius 3 is 2.39 bits per heavy atom. The van der Waals surface area contributed by atoms with Gasteiger partial charge in [-0.05, 0) is 47.9 Å². The maximum atomic E-state index is 12.6. The Morgan fingerprint density at radius 2 is 1.73 bits per heavy atom. The summed E-state index contributed by atoms with van der Waals surface area (Å²) in [5.74, 6) is -3.14. The normalized spacial score (nSPS) is 11.6. The fraction of sp³-hybridized carbons (Fsp3) is 0.200. The first-order valence-corrected chi connectivity index (χ1v) is 12.6. The first kappa shape index (κ1) is 29.1. The van der Waals surface area contributed by atoms with Crippen molar-refractivity contribution in [2.75, 3.05) is 19.4 Å². The SMILES string of the molecule is CC=CCc1nc2ccc(NC(=O)N(C)C)cc2n1Cc1ccc(-c2ccccc2C(=O)OC(=O)C(F)(F)F)cc1. The van der Waals surface area contributed by atoms with Crippen LogP contribution in [0, 0.1) is 0 Å². The molecule has 4 rings (SSSR count).